The molecule has 1 rings (SSSR count). The van der Waals surface area contributed by atoms with Gasteiger partial charge in [-0.3, -0.25) is 0 Å². The molecule has 0 unspecified atom stereocenters. The second-order valence-corrected chi connectivity index (χ2v) is 2.38. The Kier molecular flexibility index (Phi) is 1.90. The summed E-state index contributed by atoms with van der Waals surface area (Å²) >= 11 is 0. The van der Waals surface area contributed by atoms with Crippen molar-refractivity contribution in [1.82, 2.24) is 0 Å². The van der Waals surface area contributed by atoms with Crippen LogP contribution in [0, 0.1) is 0 Å². The van der Waals surface area contributed by atoms with Crippen LogP contribution in [-0.4, -0.2) is 11.1 Å². The Balaban J connectivity index is 2.66. The number of carboxylic acid groups (broad SMARTS) is 1. The van der Waals surface area contributed by atoms with Crippen LogP contribution >= 0.6 is 0 Å². The Morgan fingerprint density at radius 2 is 2.40 bits per heavy atom. The lowest BCUT2D eigenvalue weighted by Gasteiger charge is -2.18. The first-order chi connectivity index (χ1) is 4.75. The van der Waals surface area contributed by atoms with Crippen molar-refractivity contribution in [3.8, 4) is 0 Å². The first kappa shape index (κ1) is 7.06. The zero-order valence-electron chi connectivity index (χ0n) is 5.76. The SMILES string of the molecule is C=CCC1=C(C(=O)O)CC1. The largest absolute Gasteiger partial charge is 0.478 e. The van der Waals surface area contributed by atoms with Crippen LogP contribution in [0.2, 0.25) is 0 Å². The van der Waals surface area contributed by atoms with E-state index in [0.29, 0.717) is 5.57 Å². The van der Waals surface area contributed by atoms with Crippen LogP contribution in [0.3, 0.4) is 0 Å². The molecule has 1 N–H and O–H groups in total. The lowest BCUT2D eigenvalue weighted by molar-refractivity contribution is -0.133. The summed E-state index contributed by atoms with van der Waals surface area (Å²) in [5, 5.41) is 8.54. The average Bonchev–Trinajstić information content (AvgIpc) is 1.78. The van der Waals surface area contributed by atoms with Crippen molar-refractivity contribution < 1.29 is 9.90 Å². The van der Waals surface area contributed by atoms with Crippen LogP contribution in [0.15, 0.2) is 23.8 Å². The van der Waals surface area contributed by atoms with Crippen LogP contribution in [0.4, 0.5) is 0 Å². The molecule has 0 aromatic heterocycles. The Morgan fingerprint density at radius 1 is 1.70 bits per heavy atom. The van der Waals surface area contributed by atoms with E-state index >= 15 is 0 Å². The van der Waals surface area contributed by atoms with Gasteiger partial charge in [-0.15, -0.1) is 6.58 Å². The van der Waals surface area contributed by atoms with Crippen molar-refractivity contribution in [2.45, 2.75) is 19.3 Å². The van der Waals surface area contributed by atoms with Crippen LogP contribution in [0.1, 0.15) is 19.3 Å². The predicted molar refractivity (Wildman–Crippen MR) is 38.7 cm³/mol. The van der Waals surface area contributed by atoms with E-state index < -0.39 is 5.97 Å². The summed E-state index contributed by atoms with van der Waals surface area (Å²) in [6, 6.07) is 0. The maximum Gasteiger partial charge on any atom is 0.331 e. The lowest BCUT2D eigenvalue weighted by Crippen LogP contribution is -2.12. The maximum absolute atomic E-state index is 10.4. The highest BCUT2D eigenvalue weighted by molar-refractivity contribution is 5.89. The number of carbonyl (C=O) groups is 1. The molecule has 0 amide bonds. The molecule has 0 bridgehead atoms. The topological polar surface area (TPSA) is 37.3 Å². The molecule has 0 radical (unpaired) electrons. The monoisotopic (exact) mass is 138 g/mol. The van der Waals surface area contributed by atoms with Crippen molar-refractivity contribution in [3.63, 3.8) is 0 Å². The summed E-state index contributed by atoms with van der Waals surface area (Å²) in [7, 11) is 0. The summed E-state index contributed by atoms with van der Waals surface area (Å²) in [6.07, 6.45) is 4.16. The number of allylic oxidation sites excluding steroid dienone is 2. The zero-order chi connectivity index (χ0) is 7.56. The van der Waals surface area contributed by atoms with E-state index in [-0.39, 0.29) is 0 Å². The molecule has 0 aliphatic heterocycles. The van der Waals surface area contributed by atoms with Crippen molar-refractivity contribution >= 4 is 5.97 Å². The minimum absolute atomic E-state index is 0.597. The van der Waals surface area contributed by atoms with Gasteiger partial charge in [0.05, 0.1) is 0 Å². The number of hydrogen-bond acceptors (Lipinski definition) is 1. The predicted octanol–water partition coefficient (Wildman–Crippen LogP) is 1.74. The molecular weight excluding hydrogens is 128 g/mol. The van der Waals surface area contributed by atoms with Gasteiger partial charge in [-0.1, -0.05) is 11.6 Å². The summed E-state index contributed by atoms with van der Waals surface area (Å²) in [5.74, 6) is -0.761. The fourth-order valence-corrected chi connectivity index (χ4v) is 1.08. The normalized spacial score (nSPS) is 16.4. The fourth-order valence-electron chi connectivity index (χ4n) is 1.08. The third kappa shape index (κ3) is 1.10. The van der Waals surface area contributed by atoms with Crippen molar-refractivity contribution in [2.75, 3.05) is 0 Å². The van der Waals surface area contributed by atoms with Gasteiger partial charge in [0.1, 0.15) is 0 Å². The average molecular weight is 138 g/mol. The Bertz CT molecular complexity index is 201. The van der Waals surface area contributed by atoms with E-state index in [2.05, 4.69) is 6.58 Å². The molecule has 10 heavy (non-hydrogen) atoms. The first-order valence-corrected chi connectivity index (χ1v) is 3.30. The number of rotatable bonds is 3. The second-order valence-electron chi connectivity index (χ2n) is 2.38. The number of carboxylic acids is 1. The van der Waals surface area contributed by atoms with Crippen LogP contribution < -0.4 is 0 Å². The molecule has 2 nitrogen and oxygen atoms in total. The van der Waals surface area contributed by atoms with Gasteiger partial charge in [-0.05, 0) is 19.3 Å². The van der Waals surface area contributed by atoms with Gasteiger partial charge in [0.25, 0.3) is 0 Å². The van der Waals surface area contributed by atoms with Gasteiger partial charge in [-0.2, -0.15) is 0 Å². The van der Waals surface area contributed by atoms with Crippen molar-refractivity contribution in [3.05, 3.63) is 23.8 Å². The minimum Gasteiger partial charge on any atom is -0.478 e. The highest BCUT2D eigenvalue weighted by Gasteiger charge is 2.21. The van der Waals surface area contributed by atoms with Crippen LogP contribution in [-0.2, 0) is 4.79 Å². The summed E-state index contributed by atoms with van der Waals surface area (Å²) in [4.78, 5) is 10.4. The maximum atomic E-state index is 10.4. The van der Waals surface area contributed by atoms with Gasteiger partial charge in [0.2, 0.25) is 0 Å². The van der Waals surface area contributed by atoms with Gasteiger partial charge in [-0.25, -0.2) is 4.79 Å². The van der Waals surface area contributed by atoms with Crippen molar-refractivity contribution in [1.29, 1.82) is 0 Å². The van der Waals surface area contributed by atoms with Crippen LogP contribution in [0.25, 0.3) is 0 Å². The highest BCUT2D eigenvalue weighted by atomic mass is 16.4. The lowest BCUT2D eigenvalue weighted by atomic mass is 9.86. The third-order valence-corrected chi connectivity index (χ3v) is 1.75. The number of aliphatic carboxylic acids is 1. The fraction of sp³-hybridized carbons (Fsp3) is 0.375. The molecular formula is C8H10O2. The molecule has 0 spiro atoms. The van der Waals surface area contributed by atoms with Gasteiger partial charge in [0.15, 0.2) is 0 Å². The molecule has 0 aromatic rings. The second kappa shape index (κ2) is 2.69. The quantitative estimate of drug-likeness (QED) is 0.603. The van der Waals surface area contributed by atoms with Crippen molar-refractivity contribution in [2.24, 2.45) is 0 Å². The zero-order valence-corrected chi connectivity index (χ0v) is 5.76. The molecule has 0 saturated heterocycles. The van der Waals surface area contributed by atoms with E-state index in [1.54, 1.807) is 6.08 Å². The smallest absolute Gasteiger partial charge is 0.331 e. The molecule has 0 saturated carbocycles. The molecule has 2 heteroatoms. The summed E-state index contributed by atoms with van der Waals surface area (Å²) < 4.78 is 0. The molecule has 0 heterocycles. The summed E-state index contributed by atoms with van der Waals surface area (Å²) in [5.41, 5.74) is 1.64. The van der Waals surface area contributed by atoms with Crippen LogP contribution in [0.5, 0.6) is 0 Å². The number of hydrogen-bond donors (Lipinski definition) is 1. The minimum atomic E-state index is -0.761. The van der Waals surface area contributed by atoms with Gasteiger partial charge < -0.3 is 5.11 Å². The first-order valence-electron chi connectivity index (χ1n) is 3.30. The Morgan fingerprint density at radius 3 is 2.70 bits per heavy atom. The van der Waals surface area contributed by atoms with E-state index in [0.717, 1.165) is 24.8 Å². The molecule has 1 aliphatic carbocycles. The Hall–Kier alpha value is -1.05. The summed E-state index contributed by atoms with van der Waals surface area (Å²) in [6.45, 7) is 3.55. The Labute approximate surface area is 59.9 Å². The van der Waals surface area contributed by atoms with E-state index in [1.807, 2.05) is 0 Å². The molecule has 1 aliphatic rings. The molecule has 0 fully saturated rings. The highest BCUT2D eigenvalue weighted by Crippen LogP contribution is 2.30. The van der Waals surface area contributed by atoms with E-state index in [9.17, 15) is 4.79 Å². The standard InChI is InChI=1S/C8H10O2/c1-2-3-6-4-5-7(6)8(9)10/h2H,1,3-5H2,(H,9,10). The van der Waals surface area contributed by atoms with Gasteiger partial charge >= 0.3 is 5.97 Å². The molecule has 0 atom stereocenters. The van der Waals surface area contributed by atoms with Gasteiger partial charge in [0, 0.05) is 5.57 Å². The van der Waals surface area contributed by atoms with E-state index in [1.165, 1.54) is 0 Å². The molecule has 54 valence electrons. The van der Waals surface area contributed by atoms with E-state index in [4.69, 9.17) is 5.11 Å². The third-order valence-electron chi connectivity index (χ3n) is 1.75. The molecule has 0 aromatic carbocycles.